The van der Waals surface area contributed by atoms with E-state index in [9.17, 15) is 0 Å². The van der Waals surface area contributed by atoms with E-state index in [4.69, 9.17) is 9.98 Å². The zero-order valence-corrected chi connectivity index (χ0v) is 17.6. The monoisotopic (exact) mass is 393 g/mol. The van der Waals surface area contributed by atoms with Crippen LogP contribution in [-0.2, 0) is 6.42 Å². The maximum absolute atomic E-state index is 4.92. The molecule has 1 N–H and O–H groups in total. The molecule has 4 heterocycles. The number of nitrogens with one attached hydrogen (secondary N) is 1. The van der Waals surface area contributed by atoms with Crippen molar-refractivity contribution in [3.05, 3.63) is 54.5 Å². The number of imidazole rings is 2. The molecule has 1 fully saturated rings. The number of likely N-dealkylation sites (tertiary alicyclic amines) is 1. The van der Waals surface area contributed by atoms with Gasteiger partial charge < -0.3 is 19.2 Å². The van der Waals surface area contributed by atoms with E-state index < -0.39 is 0 Å². The number of hydrogen-bond donors (Lipinski definition) is 1. The Morgan fingerprint density at radius 3 is 3.00 bits per heavy atom. The van der Waals surface area contributed by atoms with Gasteiger partial charge in [-0.05, 0) is 37.8 Å². The van der Waals surface area contributed by atoms with Crippen molar-refractivity contribution in [3.63, 3.8) is 0 Å². The minimum absolute atomic E-state index is 0.427. The first kappa shape index (κ1) is 19.5. The number of nitrogens with zero attached hydrogens (tertiary/aromatic N) is 6. The van der Waals surface area contributed by atoms with Crippen LogP contribution in [0.25, 0.3) is 5.65 Å². The molecular weight excluding hydrogens is 362 g/mol. The molecule has 154 valence electrons. The van der Waals surface area contributed by atoms with Crippen molar-refractivity contribution in [3.8, 4) is 0 Å². The Balaban J connectivity index is 1.44. The number of rotatable bonds is 5. The van der Waals surface area contributed by atoms with E-state index >= 15 is 0 Å². The molecule has 3 aromatic rings. The SMILES string of the molecule is CCNC(=NCCc1cn2cccc(C)c2n1)N1CCC(C)C(n2ccnc2)C1. The average molecular weight is 394 g/mol. The van der Waals surface area contributed by atoms with Crippen LogP contribution < -0.4 is 5.32 Å². The van der Waals surface area contributed by atoms with Crippen molar-refractivity contribution < 1.29 is 0 Å². The van der Waals surface area contributed by atoms with Crippen LogP contribution in [0.2, 0.25) is 0 Å². The summed E-state index contributed by atoms with van der Waals surface area (Å²) in [7, 11) is 0. The van der Waals surface area contributed by atoms with Crippen molar-refractivity contribution in [2.24, 2.45) is 10.9 Å². The number of aromatic nitrogens is 4. The van der Waals surface area contributed by atoms with Gasteiger partial charge in [0, 0.05) is 57.4 Å². The van der Waals surface area contributed by atoms with E-state index in [-0.39, 0.29) is 0 Å². The van der Waals surface area contributed by atoms with Crippen LogP contribution in [0.1, 0.15) is 37.6 Å². The summed E-state index contributed by atoms with van der Waals surface area (Å²) in [6.45, 7) is 10.1. The molecule has 2 unspecified atom stereocenters. The van der Waals surface area contributed by atoms with Gasteiger partial charge in [0.1, 0.15) is 5.65 Å². The zero-order chi connectivity index (χ0) is 20.2. The van der Waals surface area contributed by atoms with Crippen molar-refractivity contribution in [1.82, 2.24) is 29.2 Å². The first-order valence-electron chi connectivity index (χ1n) is 10.6. The summed E-state index contributed by atoms with van der Waals surface area (Å²) in [5.74, 6) is 1.63. The lowest BCUT2D eigenvalue weighted by Crippen LogP contribution is -2.49. The van der Waals surface area contributed by atoms with Crippen LogP contribution in [0.4, 0.5) is 0 Å². The number of fused-ring (bicyclic) bond motifs is 1. The van der Waals surface area contributed by atoms with Crippen LogP contribution >= 0.6 is 0 Å². The largest absolute Gasteiger partial charge is 0.357 e. The molecule has 7 nitrogen and oxygen atoms in total. The van der Waals surface area contributed by atoms with Crippen LogP contribution in [0, 0.1) is 12.8 Å². The summed E-state index contributed by atoms with van der Waals surface area (Å²) >= 11 is 0. The molecule has 29 heavy (non-hydrogen) atoms. The lowest BCUT2D eigenvalue weighted by Gasteiger charge is -2.39. The summed E-state index contributed by atoms with van der Waals surface area (Å²) in [5, 5.41) is 3.48. The molecule has 0 aromatic carbocycles. The highest BCUT2D eigenvalue weighted by Crippen LogP contribution is 2.27. The fraction of sp³-hybridized carbons (Fsp3) is 0.500. The zero-order valence-electron chi connectivity index (χ0n) is 17.6. The molecule has 0 radical (unpaired) electrons. The Bertz CT molecular complexity index is 957. The van der Waals surface area contributed by atoms with Gasteiger partial charge in [-0.1, -0.05) is 13.0 Å². The third-order valence-electron chi connectivity index (χ3n) is 5.82. The van der Waals surface area contributed by atoms with E-state index in [1.54, 1.807) is 0 Å². The third kappa shape index (κ3) is 4.28. The molecule has 0 spiro atoms. The standard InChI is InChI=1S/C22H31N7/c1-4-24-22(28-12-8-17(2)20(15-28)29-13-10-23-16-29)25-9-7-19-14-27-11-5-6-18(3)21(27)26-19/h5-6,10-11,13-14,16-17,20H,4,7-9,12,15H2,1-3H3,(H,24,25). The number of guanidine groups is 1. The van der Waals surface area contributed by atoms with Crippen molar-refractivity contribution in [1.29, 1.82) is 0 Å². The minimum atomic E-state index is 0.427. The average Bonchev–Trinajstić information content (AvgIpc) is 3.38. The molecule has 1 aliphatic heterocycles. The molecule has 4 rings (SSSR count). The summed E-state index contributed by atoms with van der Waals surface area (Å²) in [6.07, 6.45) is 12.0. The lowest BCUT2D eigenvalue weighted by molar-refractivity contribution is 0.189. The van der Waals surface area contributed by atoms with Gasteiger partial charge in [0.15, 0.2) is 5.96 Å². The molecule has 1 saturated heterocycles. The van der Waals surface area contributed by atoms with E-state index in [0.717, 1.165) is 56.3 Å². The Kier molecular flexibility index (Phi) is 5.83. The van der Waals surface area contributed by atoms with Crippen molar-refractivity contribution >= 4 is 11.6 Å². The fourth-order valence-electron chi connectivity index (χ4n) is 4.12. The Labute approximate surface area is 172 Å². The number of aliphatic imine (C=N–C) groups is 1. The maximum Gasteiger partial charge on any atom is 0.193 e. The molecule has 7 heteroatoms. The smallest absolute Gasteiger partial charge is 0.193 e. The highest BCUT2D eigenvalue weighted by atomic mass is 15.3. The van der Waals surface area contributed by atoms with E-state index in [0.29, 0.717) is 12.0 Å². The molecule has 2 atom stereocenters. The van der Waals surface area contributed by atoms with Gasteiger partial charge in [-0.25, -0.2) is 9.97 Å². The fourth-order valence-corrected chi connectivity index (χ4v) is 4.12. The van der Waals surface area contributed by atoms with E-state index in [2.05, 4.69) is 75.7 Å². The molecule has 1 aliphatic rings. The van der Waals surface area contributed by atoms with Crippen LogP contribution in [0.15, 0.2) is 48.2 Å². The van der Waals surface area contributed by atoms with E-state index in [1.807, 2.05) is 12.5 Å². The Morgan fingerprint density at radius 1 is 1.34 bits per heavy atom. The summed E-state index contributed by atoms with van der Waals surface area (Å²) in [6, 6.07) is 4.58. The molecule has 0 saturated carbocycles. The topological polar surface area (TPSA) is 62.8 Å². The Hall–Kier alpha value is -2.83. The molecule has 0 bridgehead atoms. The van der Waals surface area contributed by atoms with Crippen LogP contribution in [-0.4, -0.2) is 56.0 Å². The van der Waals surface area contributed by atoms with Gasteiger partial charge in [-0.15, -0.1) is 0 Å². The summed E-state index contributed by atoms with van der Waals surface area (Å²) < 4.78 is 4.33. The van der Waals surface area contributed by atoms with E-state index in [1.165, 1.54) is 5.56 Å². The number of hydrogen-bond acceptors (Lipinski definition) is 3. The predicted molar refractivity (Wildman–Crippen MR) is 116 cm³/mol. The second-order valence-corrected chi connectivity index (χ2v) is 7.93. The highest BCUT2D eigenvalue weighted by molar-refractivity contribution is 5.80. The van der Waals surface area contributed by atoms with Gasteiger partial charge in [0.2, 0.25) is 0 Å². The van der Waals surface area contributed by atoms with Crippen LogP contribution in [0.5, 0.6) is 0 Å². The quantitative estimate of drug-likeness (QED) is 0.535. The predicted octanol–water partition coefficient (Wildman–Crippen LogP) is 2.93. The summed E-state index contributed by atoms with van der Waals surface area (Å²) in [4.78, 5) is 16.3. The number of piperidine rings is 1. The van der Waals surface area contributed by atoms with Crippen LogP contribution in [0.3, 0.4) is 0 Å². The van der Waals surface area contributed by atoms with Crippen molar-refractivity contribution in [2.75, 3.05) is 26.2 Å². The number of aryl methyl sites for hydroxylation is 1. The van der Waals surface area contributed by atoms with Gasteiger partial charge >= 0.3 is 0 Å². The van der Waals surface area contributed by atoms with Gasteiger partial charge in [0.25, 0.3) is 0 Å². The van der Waals surface area contributed by atoms with Gasteiger partial charge in [-0.2, -0.15) is 0 Å². The number of pyridine rings is 1. The second-order valence-electron chi connectivity index (χ2n) is 7.93. The minimum Gasteiger partial charge on any atom is -0.357 e. The third-order valence-corrected chi connectivity index (χ3v) is 5.82. The Morgan fingerprint density at radius 2 is 2.24 bits per heavy atom. The molecule has 3 aromatic heterocycles. The first-order valence-corrected chi connectivity index (χ1v) is 10.6. The normalized spacial score (nSPS) is 20.4. The lowest BCUT2D eigenvalue weighted by atomic mass is 9.93. The molecule has 0 amide bonds. The maximum atomic E-state index is 4.92. The summed E-state index contributed by atoms with van der Waals surface area (Å²) in [5.41, 5.74) is 3.32. The van der Waals surface area contributed by atoms with Gasteiger partial charge in [0.05, 0.1) is 18.1 Å². The van der Waals surface area contributed by atoms with Gasteiger partial charge in [-0.3, -0.25) is 4.99 Å². The second kappa shape index (κ2) is 8.68. The molecular formula is C22H31N7. The first-order chi connectivity index (χ1) is 14.2. The highest BCUT2D eigenvalue weighted by Gasteiger charge is 2.28. The van der Waals surface area contributed by atoms with Crippen molar-refractivity contribution in [2.45, 2.75) is 39.7 Å². The molecule has 0 aliphatic carbocycles.